The van der Waals surface area contributed by atoms with Crippen LogP contribution in [-0.4, -0.2) is 90.4 Å². The lowest BCUT2D eigenvalue weighted by atomic mass is 9.86. The van der Waals surface area contributed by atoms with Crippen LogP contribution in [-0.2, 0) is 39.8 Å². The lowest BCUT2D eigenvalue weighted by molar-refractivity contribution is -0.0201. The van der Waals surface area contributed by atoms with E-state index in [4.69, 9.17) is 33.2 Å². The van der Waals surface area contributed by atoms with Gasteiger partial charge < -0.3 is 38.5 Å². The average Bonchev–Trinajstić information content (AvgIpc) is 2.88. The molecule has 0 spiro atoms. The normalized spacial score (nSPS) is 17.9. The maximum atomic E-state index is 11.9. The van der Waals surface area contributed by atoms with Crippen molar-refractivity contribution in [2.45, 2.75) is 64.7 Å². The number of carbonyl (C=O) groups is 1. The topological polar surface area (TPSA) is 93.7 Å². The maximum Gasteiger partial charge on any atom is 0.407 e. The molecule has 218 valence electrons. The van der Waals surface area contributed by atoms with E-state index in [-0.39, 0.29) is 12.1 Å². The number of alkyl carbamates (subject to hydrolysis) is 1. The standard InChI is InChI=1S/C29H49NO8/c1-29(2,3)38-28(31)30-27-11-9-26(10-12-27)24-37-22-20-35-18-16-33-14-13-32-15-17-34-19-21-36-23-25-7-5-4-6-8-25/h4-8,26-27H,9-24H2,1-3H3,(H,30,31)/t26-,27-. The molecule has 0 bridgehead atoms. The molecule has 1 N–H and O–H groups in total. The van der Waals surface area contributed by atoms with Gasteiger partial charge in [0.1, 0.15) is 5.60 Å². The molecular formula is C29H49NO8. The van der Waals surface area contributed by atoms with Gasteiger partial charge in [-0.15, -0.1) is 0 Å². The van der Waals surface area contributed by atoms with Gasteiger partial charge in [-0.1, -0.05) is 30.3 Å². The molecule has 0 unspecified atom stereocenters. The summed E-state index contributed by atoms with van der Waals surface area (Å²) in [5.41, 5.74) is 0.698. The minimum absolute atomic E-state index is 0.193. The van der Waals surface area contributed by atoms with Crippen molar-refractivity contribution in [3.05, 3.63) is 35.9 Å². The number of benzene rings is 1. The fourth-order valence-corrected chi connectivity index (χ4v) is 3.96. The van der Waals surface area contributed by atoms with E-state index in [1.165, 1.54) is 0 Å². The third-order valence-electron chi connectivity index (χ3n) is 5.89. The van der Waals surface area contributed by atoms with Gasteiger partial charge in [-0.25, -0.2) is 4.79 Å². The molecule has 0 radical (unpaired) electrons. The van der Waals surface area contributed by atoms with Gasteiger partial charge in [-0.3, -0.25) is 0 Å². The quantitative estimate of drug-likeness (QED) is 0.244. The van der Waals surface area contributed by atoms with Crippen molar-refractivity contribution < 1.29 is 38.0 Å². The molecule has 2 rings (SSSR count). The van der Waals surface area contributed by atoms with Crippen molar-refractivity contribution in [2.24, 2.45) is 5.92 Å². The second-order valence-electron chi connectivity index (χ2n) is 10.4. The van der Waals surface area contributed by atoms with Crippen molar-refractivity contribution in [3.63, 3.8) is 0 Å². The molecule has 9 heteroatoms. The van der Waals surface area contributed by atoms with Crippen LogP contribution in [0.4, 0.5) is 4.79 Å². The maximum absolute atomic E-state index is 11.9. The van der Waals surface area contributed by atoms with Crippen LogP contribution in [0.25, 0.3) is 0 Å². The number of carbonyl (C=O) groups excluding carboxylic acids is 1. The third-order valence-corrected chi connectivity index (χ3v) is 5.89. The van der Waals surface area contributed by atoms with Gasteiger partial charge in [0.15, 0.2) is 0 Å². The Labute approximate surface area is 228 Å². The van der Waals surface area contributed by atoms with Crippen molar-refractivity contribution in [1.29, 1.82) is 0 Å². The third kappa shape index (κ3) is 17.7. The lowest BCUT2D eigenvalue weighted by Crippen LogP contribution is -2.41. The van der Waals surface area contributed by atoms with Gasteiger partial charge in [0, 0.05) is 12.6 Å². The molecule has 1 amide bonds. The van der Waals surface area contributed by atoms with Crippen LogP contribution in [0.5, 0.6) is 0 Å². The van der Waals surface area contributed by atoms with E-state index in [1.54, 1.807) is 0 Å². The van der Waals surface area contributed by atoms with Gasteiger partial charge in [0.25, 0.3) is 0 Å². The summed E-state index contributed by atoms with van der Waals surface area (Å²) < 4.78 is 38.7. The van der Waals surface area contributed by atoms with Gasteiger partial charge in [-0.2, -0.15) is 0 Å². The van der Waals surface area contributed by atoms with Crippen LogP contribution in [0.2, 0.25) is 0 Å². The summed E-state index contributed by atoms with van der Waals surface area (Å²) in [6.07, 6.45) is 3.69. The zero-order valence-electron chi connectivity index (χ0n) is 23.6. The minimum Gasteiger partial charge on any atom is -0.444 e. The monoisotopic (exact) mass is 539 g/mol. The summed E-state index contributed by atoms with van der Waals surface area (Å²) in [4.78, 5) is 11.9. The summed E-state index contributed by atoms with van der Waals surface area (Å²) in [6, 6.07) is 10.3. The summed E-state index contributed by atoms with van der Waals surface area (Å²) >= 11 is 0. The SMILES string of the molecule is CC(C)(C)OC(=O)N[C@H]1CC[C@H](COCCOCCOCCOCCOCCOCc2ccccc2)CC1. The van der Waals surface area contributed by atoms with E-state index in [1.807, 2.05) is 51.1 Å². The van der Waals surface area contributed by atoms with E-state index >= 15 is 0 Å². The van der Waals surface area contributed by atoms with Gasteiger partial charge in [0.2, 0.25) is 0 Å². The Morgan fingerprint density at radius 3 is 1.68 bits per heavy atom. The Morgan fingerprint density at radius 1 is 0.711 bits per heavy atom. The van der Waals surface area contributed by atoms with Gasteiger partial charge in [0.05, 0.1) is 72.7 Å². The molecule has 1 aromatic rings. The second-order valence-corrected chi connectivity index (χ2v) is 10.4. The predicted octanol–water partition coefficient (Wildman–Crippen LogP) is 4.37. The first kappa shape index (κ1) is 32.5. The zero-order chi connectivity index (χ0) is 27.3. The molecule has 38 heavy (non-hydrogen) atoms. The molecule has 1 saturated carbocycles. The summed E-state index contributed by atoms with van der Waals surface area (Å²) in [6.45, 7) is 12.5. The minimum atomic E-state index is -0.465. The molecule has 0 heterocycles. The van der Waals surface area contributed by atoms with Crippen LogP contribution in [0, 0.1) is 5.92 Å². The van der Waals surface area contributed by atoms with Crippen molar-refractivity contribution >= 4 is 6.09 Å². The van der Waals surface area contributed by atoms with Crippen LogP contribution in [0.3, 0.4) is 0 Å². The second kappa shape index (κ2) is 20.2. The van der Waals surface area contributed by atoms with Crippen LogP contribution in [0.15, 0.2) is 30.3 Å². The Balaban J connectivity index is 1.26. The Hall–Kier alpha value is -1.75. The molecule has 1 fully saturated rings. The first-order valence-corrected chi connectivity index (χ1v) is 13.9. The summed E-state index contributed by atoms with van der Waals surface area (Å²) in [7, 11) is 0. The molecule has 9 nitrogen and oxygen atoms in total. The fourth-order valence-electron chi connectivity index (χ4n) is 3.96. The summed E-state index contributed by atoms with van der Waals surface area (Å²) in [5.74, 6) is 0.536. The largest absolute Gasteiger partial charge is 0.444 e. The number of amides is 1. The molecule has 0 aliphatic heterocycles. The number of hydrogen-bond acceptors (Lipinski definition) is 8. The average molecular weight is 540 g/mol. The molecule has 1 aliphatic rings. The molecular weight excluding hydrogens is 490 g/mol. The first-order chi connectivity index (χ1) is 18.4. The van der Waals surface area contributed by atoms with E-state index in [0.717, 1.165) is 37.9 Å². The molecule has 0 aromatic heterocycles. The van der Waals surface area contributed by atoms with Crippen LogP contribution in [0.1, 0.15) is 52.0 Å². The van der Waals surface area contributed by atoms with E-state index in [9.17, 15) is 4.79 Å². The van der Waals surface area contributed by atoms with Gasteiger partial charge in [-0.05, 0) is 57.9 Å². The van der Waals surface area contributed by atoms with Crippen molar-refractivity contribution in [1.82, 2.24) is 5.32 Å². The highest BCUT2D eigenvalue weighted by Crippen LogP contribution is 2.24. The van der Waals surface area contributed by atoms with Gasteiger partial charge >= 0.3 is 6.09 Å². The van der Waals surface area contributed by atoms with E-state index in [0.29, 0.717) is 78.6 Å². The smallest absolute Gasteiger partial charge is 0.407 e. The number of ether oxygens (including phenoxy) is 7. The van der Waals surface area contributed by atoms with Crippen LogP contribution >= 0.6 is 0 Å². The molecule has 1 aliphatic carbocycles. The summed E-state index contributed by atoms with van der Waals surface area (Å²) in [5, 5.41) is 2.97. The highest BCUT2D eigenvalue weighted by atomic mass is 16.6. The highest BCUT2D eigenvalue weighted by Gasteiger charge is 2.24. The van der Waals surface area contributed by atoms with E-state index < -0.39 is 5.60 Å². The fraction of sp³-hybridized carbons (Fsp3) is 0.759. The highest BCUT2D eigenvalue weighted by molar-refractivity contribution is 5.68. The number of nitrogens with one attached hydrogen (secondary N) is 1. The Bertz CT molecular complexity index is 704. The molecule has 0 atom stereocenters. The molecule has 1 aromatic carbocycles. The number of hydrogen-bond donors (Lipinski definition) is 1. The van der Waals surface area contributed by atoms with Crippen LogP contribution < -0.4 is 5.32 Å². The van der Waals surface area contributed by atoms with E-state index in [2.05, 4.69) is 5.32 Å². The Kier molecular flexibility index (Phi) is 17.3. The van der Waals surface area contributed by atoms with Crippen molar-refractivity contribution in [3.8, 4) is 0 Å². The lowest BCUT2D eigenvalue weighted by Gasteiger charge is -2.30. The predicted molar refractivity (Wildman–Crippen MR) is 145 cm³/mol. The first-order valence-electron chi connectivity index (χ1n) is 13.9. The Morgan fingerprint density at radius 2 is 1.18 bits per heavy atom. The number of rotatable bonds is 20. The zero-order valence-corrected chi connectivity index (χ0v) is 23.6. The van der Waals surface area contributed by atoms with Crippen molar-refractivity contribution in [2.75, 3.05) is 72.7 Å². The molecule has 0 saturated heterocycles.